The maximum absolute atomic E-state index is 12.0. The molecule has 1 amide bonds. The Hall–Kier alpha value is -1.10. The van der Waals surface area contributed by atoms with Crippen molar-refractivity contribution in [3.63, 3.8) is 0 Å². The summed E-state index contributed by atoms with van der Waals surface area (Å²) in [6.07, 6.45) is 3.33. The molecule has 3 atom stereocenters. The first-order chi connectivity index (χ1) is 9.26. The Morgan fingerprint density at radius 1 is 1.20 bits per heavy atom. The fraction of sp³-hybridized carbons (Fsp3) is 0.867. The summed E-state index contributed by atoms with van der Waals surface area (Å²) in [7, 11) is 0. The number of amides is 1. The zero-order valence-electron chi connectivity index (χ0n) is 13.2. The first kappa shape index (κ1) is 18.9. The van der Waals surface area contributed by atoms with Crippen molar-refractivity contribution in [2.75, 3.05) is 0 Å². The minimum absolute atomic E-state index is 0.0474. The minimum atomic E-state index is -0.892. The van der Waals surface area contributed by atoms with Crippen LogP contribution in [-0.2, 0) is 9.59 Å². The summed E-state index contributed by atoms with van der Waals surface area (Å²) in [5.41, 5.74) is 5.83. The Labute approximate surface area is 122 Å². The number of hydrogen-bond donors (Lipinski definition) is 3. The summed E-state index contributed by atoms with van der Waals surface area (Å²) in [5.74, 6) is -0.399. The van der Waals surface area contributed by atoms with Crippen LogP contribution in [0.25, 0.3) is 0 Å². The number of carboxylic acids is 1. The van der Waals surface area contributed by atoms with Gasteiger partial charge in [-0.2, -0.15) is 0 Å². The van der Waals surface area contributed by atoms with Crippen LogP contribution in [0.5, 0.6) is 0 Å². The molecule has 0 aliphatic heterocycles. The maximum Gasteiger partial charge on any atom is 0.305 e. The van der Waals surface area contributed by atoms with Crippen molar-refractivity contribution < 1.29 is 14.7 Å². The molecular weight excluding hydrogens is 256 g/mol. The van der Waals surface area contributed by atoms with Crippen LogP contribution in [0, 0.1) is 11.8 Å². The summed E-state index contributed by atoms with van der Waals surface area (Å²) in [6.45, 7) is 8.19. The lowest BCUT2D eigenvalue weighted by atomic mass is 9.95. The maximum atomic E-state index is 12.0. The van der Waals surface area contributed by atoms with Crippen molar-refractivity contribution in [1.82, 2.24) is 5.32 Å². The third kappa shape index (κ3) is 8.91. The number of rotatable bonds is 10. The predicted molar refractivity (Wildman–Crippen MR) is 80.3 cm³/mol. The second-order valence-electron chi connectivity index (χ2n) is 6.17. The van der Waals surface area contributed by atoms with Crippen LogP contribution in [-0.4, -0.2) is 29.1 Å². The lowest BCUT2D eigenvalue weighted by Gasteiger charge is -2.23. The Morgan fingerprint density at radius 2 is 1.80 bits per heavy atom. The lowest BCUT2D eigenvalue weighted by Crippen LogP contribution is -2.47. The number of hydrogen-bond acceptors (Lipinski definition) is 3. The van der Waals surface area contributed by atoms with E-state index in [0.717, 1.165) is 12.8 Å². The van der Waals surface area contributed by atoms with Gasteiger partial charge in [0.05, 0.1) is 12.5 Å². The highest BCUT2D eigenvalue weighted by molar-refractivity contribution is 5.82. The lowest BCUT2D eigenvalue weighted by molar-refractivity contribution is -0.137. The predicted octanol–water partition coefficient (Wildman–Crippen LogP) is 2.15. The average molecular weight is 286 g/mol. The molecule has 0 aliphatic rings. The summed E-state index contributed by atoms with van der Waals surface area (Å²) >= 11 is 0. The Kier molecular flexibility index (Phi) is 9.21. The summed E-state index contributed by atoms with van der Waals surface area (Å²) < 4.78 is 0. The van der Waals surface area contributed by atoms with Crippen LogP contribution >= 0.6 is 0 Å². The van der Waals surface area contributed by atoms with E-state index in [-0.39, 0.29) is 18.4 Å². The summed E-state index contributed by atoms with van der Waals surface area (Å²) in [4.78, 5) is 22.9. The van der Waals surface area contributed by atoms with E-state index >= 15 is 0 Å². The quantitative estimate of drug-likeness (QED) is 0.573. The molecule has 0 aliphatic carbocycles. The zero-order valence-corrected chi connectivity index (χ0v) is 13.2. The van der Waals surface area contributed by atoms with Crippen LogP contribution < -0.4 is 11.1 Å². The molecule has 0 aromatic rings. The number of carboxylic acid groups (broad SMARTS) is 1. The van der Waals surface area contributed by atoms with Gasteiger partial charge in [0.1, 0.15) is 0 Å². The van der Waals surface area contributed by atoms with E-state index in [1.807, 2.05) is 13.8 Å². The van der Waals surface area contributed by atoms with Crippen LogP contribution in [0.3, 0.4) is 0 Å². The van der Waals surface area contributed by atoms with Crippen molar-refractivity contribution in [3.8, 4) is 0 Å². The third-order valence-electron chi connectivity index (χ3n) is 3.30. The van der Waals surface area contributed by atoms with E-state index in [9.17, 15) is 9.59 Å². The molecule has 0 saturated carbocycles. The molecule has 0 aromatic heterocycles. The van der Waals surface area contributed by atoms with Gasteiger partial charge in [0.25, 0.3) is 0 Å². The van der Waals surface area contributed by atoms with Crippen LogP contribution in [0.15, 0.2) is 0 Å². The highest BCUT2D eigenvalue weighted by Gasteiger charge is 2.22. The van der Waals surface area contributed by atoms with Gasteiger partial charge in [0.2, 0.25) is 5.91 Å². The standard InChI is InChI=1S/C15H30N2O3/c1-5-6-11(4)8-12(9-14(18)19)17-15(20)13(16)7-10(2)3/h10-13H,5-9,16H2,1-4H3,(H,17,20)(H,18,19)/t11-,12+,13+/m1/s1. The molecule has 118 valence electrons. The van der Waals surface area contributed by atoms with Crippen molar-refractivity contribution in [3.05, 3.63) is 0 Å². The Morgan fingerprint density at radius 3 is 2.25 bits per heavy atom. The second-order valence-corrected chi connectivity index (χ2v) is 6.17. The first-order valence-corrected chi connectivity index (χ1v) is 7.53. The van der Waals surface area contributed by atoms with Crippen LogP contribution in [0.1, 0.15) is 59.8 Å². The molecule has 0 spiro atoms. The summed E-state index contributed by atoms with van der Waals surface area (Å²) in [5, 5.41) is 11.7. The van der Waals surface area contributed by atoms with Gasteiger partial charge in [-0.25, -0.2) is 0 Å². The van der Waals surface area contributed by atoms with E-state index in [1.165, 1.54) is 0 Å². The molecule has 0 unspecified atom stereocenters. The number of nitrogens with one attached hydrogen (secondary N) is 1. The van der Waals surface area contributed by atoms with Gasteiger partial charge in [0.15, 0.2) is 0 Å². The molecule has 0 bridgehead atoms. The number of nitrogens with two attached hydrogens (primary N) is 1. The molecule has 0 rings (SSSR count). The van der Waals surface area contributed by atoms with Gasteiger partial charge in [-0.3, -0.25) is 9.59 Å². The molecule has 0 aromatic carbocycles. The highest BCUT2D eigenvalue weighted by atomic mass is 16.4. The van der Waals surface area contributed by atoms with Gasteiger partial charge < -0.3 is 16.2 Å². The largest absolute Gasteiger partial charge is 0.481 e. The second kappa shape index (κ2) is 9.75. The van der Waals surface area contributed by atoms with Crippen molar-refractivity contribution >= 4 is 11.9 Å². The topological polar surface area (TPSA) is 92.4 Å². The average Bonchev–Trinajstić information content (AvgIpc) is 2.26. The minimum Gasteiger partial charge on any atom is -0.481 e. The van der Waals surface area contributed by atoms with Gasteiger partial charge >= 0.3 is 5.97 Å². The molecule has 0 saturated heterocycles. The zero-order chi connectivity index (χ0) is 15.7. The number of carbonyl (C=O) groups excluding carboxylic acids is 1. The van der Waals surface area contributed by atoms with Gasteiger partial charge in [0, 0.05) is 6.04 Å². The molecule has 4 N–H and O–H groups in total. The molecule has 5 nitrogen and oxygen atoms in total. The van der Waals surface area contributed by atoms with Crippen molar-refractivity contribution in [1.29, 1.82) is 0 Å². The number of carbonyl (C=O) groups is 2. The normalized spacial score (nSPS) is 15.7. The van der Waals surface area contributed by atoms with E-state index in [1.54, 1.807) is 0 Å². The molecule has 0 heterocycles. The molecule has 5 heteroatoms. The van der Waals surface area contributed by atoms with Crippen LogP contribution in [0.4, 0.5) is 0 Å². The van der Waals surface area contributed by atoms with Crippen molar-refractivity contribution in [2.45, 2.75) is 71.9 Å². The van der Waals surface area contributed by atoms with E-state index in [2.05, 4.69) is 19.2 Å². The number of aliphatic carboxylic acids is 1. The highest BCUT2D eigenvalue weighted by Crippen LogP contribution is 2.15. The third-order valence-corrected chi connectivity index (χ3v) is 3.30. The van der Waals surface area contributed by atoms with Gasteiger partial charge in [-0.05, 0) is 24.7 Å². The summed E-state index contributed by atoms with van der Waals surface area (Å²) in [6, 6.07) is -0.896. The fourth-order valence-electron chi connectivity index (χ4n) is 2.42. The van der Waals surface area contributed by atoms with Gasteiger partial charge in [-0.15, -0.1) is 0 Å². The molecule has 0 radical (unpaired) electrons. The first-order valence-electron chi connectivity index (χ1n) is 7.53. The molecule has 20 heavy (non-hydrogen) atoms. The molecular formula is C15H30N2O3. The monoisotopic (exact) mass is 286 g/mol. The van der Waals surface area contributed by atoms with Gasteiger partial charge in [-0.1, -0.05) is 40.5 Å². The fourth-order valence-corrected chi connectivity index (χ4v) is 2.42. The van der Waals surface area contributed by atoms with E-state index in [0.29, 0.717) is 24.7 Å². The Balaban J connectivity index is 4.47. The smallest absolute Gasteiger partial charge is 0.305 e. The SMILES string of the molecule is CCC[C@@H](C)C[C@@H](CC(=O)O)NC(=O)[C@@H](N)CC(C)C. The van der Waals surface area contributed by atoms with Crippen LogP contribution in [0.2, 0.25) is 0 Å². The van der Waals surface area contributed by atoms with E-state index in [4.69, 9.17) is 10.8 Å². The van der Waals surface area contributed by atoms with E-state index < -0.39 is 12.0 Å². The Bertz CT molecular complexity index is 305. The van der Waals surface area contributed by atoms with Crippen molar-refractivity contribution in [2.24, 2.45) is 17.6 Å². The molecule has 0 fully saturated rings.